The minimum atomic E-state index is 0.194. The van der Waals surface area contributed by atoms with Crippen molar-refractivity contribution in [1.82, 2.24) is 9.88 Å². The first-order valence-corrected chi connectivity index (χ1v) is 6.23. The molecule has 1 fully saturated rings. The molecule has 1 aliphatic rings. The van der Waals surface area contributed by atoms with Crippen LogP contribution in [0.15, 0.2) is 47.4 Å². The van der Waals surface area contributed by atoms with Crippen LogP contribution in [-0.4, -0.2) is 29.0 Å². The third-order valence-corrected chi connectivity index (χ3v) is 3.54. The average molecular weight is 243 g/mol. The number of benzene rings is 1. The van der Waals surface area contributed by atoms with Crippen LogP contribution in [0.1, 0.15) is 17.2 Å². The molecule has 0 unspecified atom stereocenters. The summed E-state index contributed by atoms with van der Waals surface area (Å²) in [4.78, 5) is 6.49. The molecule has 0 aliphatic carbocycles. The molecule has 0 radical (unpaired) electrons. The van der Waals surface area contributed by atoms with E-state index in [9.17, 15) is 0 Å². The van der Waals surface area contributed by atoms with E-state index in [0.717, 1.165) is 25.3 Å². The molecule has 1 aromatic carbocycles. The molecule has 1 aromatic heterocycles. The Kier molecular flexibility index (Phi) is 3.13. The molecule has 4 nitrogen and oxygen atoms in total. The maximum Gasteiger partial charge on any atom is 0.180 e. The van der Waals surface area contributed by atoms with Gasteiger partial charge in [0.1, 0.15) is 6.26 Å². The normalized spacial score (nSPS) is 24.5. The second-order valence-corrected chi connectivity index (χ2v) is 4.85. The molecule has 0 bridgehead atoms. The number of aromatic nitrogens is 1. The van der Waals surface area contributed by atoms with Gasteiger partial charge in [-0.15, -0.1) is 0 Å². The lowest BCUT2D eigenvalue weighted by Gasteiger charge is -2.14. The maximum atomic E-state index is 6.24. The van der Waals surface area contributed by atoms with E-state index in [-0.39, 0.29) is 6.04 Å². The van der Waals surface area contributed by atoms with Crippen molar-refractivity contribution in [2.24, 2.45) is 5.73 Å². The van der Waals surface area contributed by atoms with E-state index in [1.807, 2.05) is 6.07 Å². The average Bonchev–Trinajstić information content (AvgIpc) is 3.01. The fourth-order valence-electron chi connectivity index (χ4n) is 2.64. The number of nitrogens with two attached hydrogens (primary N) is 1. The highest BCUT2D eigenvalue weighted by Crippen LogP contribution is 2.27. The van der Waals surface area contributed by atoms with Crippen LogP contribution in [0.2, 0.25) is 0 Å². The molecule has 2 atom stereocenters. The van der Waals surface area contributed by atoms with Crippen molar-refractivity contribution in [3.8, 4) is 0 Å². The lowest BCUT2D eigenvalue weighted by atomic mass is 9.95. The molecule has 3 rings (SSSR count). The van der Waals surface area contributed by atoms with Crippen LogP contribution in [0.3, 0.4) is 0 Å². The van der Waals surface area contributed by atoms with E-state index < -0.39 is 0 Å². The first-order chi connectivity index (χ1) is 8.83. The maximum absolute atomic E-state index is 6.24. The van der Waals surface area contributed by atoms with Crippen LogP contribution >= 0.6 is 0 Å². The van der Waals surface area contributed by atoms with Crippen molar-refractivity contribution >= 4 is 0 Å². The summed E-state index contributed by atoms with van der Waals surface area (Å²) in [6.45, 7) is 2.71. The summed E-state index contributed by atoms with van der Waals surface area (Å²) in [5.74, 6) is 0.415. The Balaban J connectivity index is 1.69. The van der Waals surface area contributed by atoms with Gasteiger partial charge >= 0.3 is 0 Å². The topological polar surface area (TPSA) is 55.3 Å². The highest BCUT2D eigenvalue weighted by atomic mass is 16.3. The second kappa shape index (κ2) is 4.92. The Morgan fingerprint density at radius 2 is 2.11 bits per heavy atom. The molecule has 0 saturated carbocycles. The van der Waals surface area contributed by atoms with Crippen molar-refractivity contribution in [2.75, 3.05) is 13.1 Å². The molecule has 2 N–H and O–H groups in total. The molecule has 1 aliphatic heterocycles. The summed E-state index contributed by atoms with van der Waals surface area (Å²) >= 11 is 0. The van der Waals surface area contributed by atoms with E-state index in [2.05, 4.69) is 34.1 Å². The number of hydrogen-bond donors (Lipinski definition) is 1. The smallest absolute Gasteiger partial charge is 0.180 e. The standard InChI is InChI=1S/C14H17N3O/c15-14-8-17(6-12-9-18-10-16-12)7-13(14)11-4-2-1-3-5-11/h1-5,9-10,13-14H,6-8,15H2/t13-,14+/m0/s1. The first-order valence-electron chi connectivity index (χ1n) is 6.23. The largest absolute Gasteiger partial charge is 0.451 e. The predicted octanol–water partition coefficient (Wildman–Crippen LogP) is 1.60. The van der Waals surface area contributed by atoms with E-state index in [1.165, 1.54) is 12.0 Å². The lowest BCUT2D eigenvalue weighted by Crippen LogP contribution is -2.28. The zero-order valence-corrected chi connectivity index (χ0v) is 10.2. The van der Waals surface area contributed by atoms with E-state index in [4.69, 9.17) is 10.2 Å². The SMILES string of the molecule is N[C@@H]1CN(Cc2cocn2)C[C@H]1c1ccccc1. The van der Waals surface area contributed by atoms with Crippen LogP contribution < -0.4 is 5.73 Å². The van der Waals surface area contributed by atoms with Crippen molar-refractivity contribution in [3.63, 3.8) is 0 Å². The zero-order valence-electron chi connectivity index (χ0n) is 10.2. The van der Waals surface area contributed by atoms with Crippen molar-refractivity contribution in [3.05, 3.63) is 54.2 Å². The number of hydrogen-bond acceptors (Lipinski definition) is 4. The molecule has 94 valence electrons. The number of likely N-dealkylation sites (tertiary alicyclic amines) is 1. The molecule has 0 amide bonds. The molecular weight excluding hydrogens is 226 g/mol. The van der Waals surface area contributed by atoms with Crippen molar-refractivity contribution in [1.29, 1.82) is 0 Å². The summed E-state index contributed by atoms with van der Waals surface area (Å²) < 4.78 is 4.99. The summed E-state index contributed by atoms with van der Waals surface area (Å²) in [6.07, 6.45) is 3.17. The Bertz CT molecular complexity index is 483. The van der Waals surface area contributed by atoms with Crippen LogP contribution in [0.25, 0.3) is 0 Å². The zero-order chi connectivity index (χ0) is 12.4. The molecule has 4 heteroatoms. The van der Waals surface area contributed by atoms with Gasteiger partial charge in [-0.2, -0.15) is 0 Å². The summed E-state index contributed by atoms with van der Waals surface area (Å²) in [7, 11) is 0. The predicted molar refractivity (Wildman–Crippen MR) is 68.9 cm³/mol. The van der Waals surface area contributed by atoms with Crippen molar-refractivity contribution in [2.45, 2.75) is 18.5 Å². The van der Waals surface area contributed by atoms with Crippen molar-refractivity contribution < 1.29 is 4.42 Å². The molecule has 2 heterocycles. The Labute approximate surface area is 106 Å². The van der Waals surface area contributed by atoms with Crippen LogP contribution in [0.5, 0.6) is 0 Å². The highest BCUT2D eigenvalue weighted by molar-refractivity contribution is 5.23. The van der Waals surface area contributed by atoms with Gasteiger partial charge in [0, 0.05) is 31.6 Å². The highest BCUT2D eigenvalue weighted by Gasteiger charge is 2.31. The fraction of sp³-hybridized carbons (Fsp3) is 0.357. The van der Waals surface area contributed by atoms with E-state index >= 15 is 0 Å². The molecule has 0 spiro atoms. The first kappa shape index (κ1) is 11.4. The van der Waals surface area contributed by atoms with Crippen LogP contribution in [-0.2, 0) is 6.54 Å². The third kappa shape index (κ3) is 2.30. The Morgan fingerprint density at radius 3 is 2.83 bits per heavy atom. The van der Waals surface area contributed by atoms with E-state index in [0.29, 0.717) is 5.92 Å². The van der Waals surface area contributed by atoms with Gasteiger partial charge in [0.2, 0.25) is 0 Å². The van der Waals surface area contributed by atoms with Gasteiger partial charge in [-0.05, 0) is 5.56 Å². The van der Waals surface area contributed by atoms with Gasteiger partial charge in [-0.25, -0.2) is 4.98 Å². The summed E-state index contributed by atoms with van der Waals surface area (Å²) in [5.41, 5.74) is 8.54. The van der Waals surface area contributed by atoms with Gasteiger partial charge in [0.15, 0.2) is 6.39 Å². The third-order valence-electron chi connectivity index (χ3n) is 3.54. The Hall–Kier alpha value is -1.65. The second-order valence-electron chi connectivity index (χ2n) is 4.85. The fourth-order valence-corrected chi connectivity index (χ4v) is 2.64. The minimum Gasteiger partial charge on any atom is -0.451 e. The monoisotopic (exact) mass is 243 g/mol. The van der Waals surface area contributed by atoms with Gasteiger partial charge in [-0.3, -0.25) is 4.90 Å². The summed E-state index contributed by atoms with van der Waals surface area (Å²) in [6, 6.07) is 10.7. The number of nitrogens with zero attached hydrogens (tertiary/aromatic N) is 2. The molecule has 18 heavy (non-hydrogen) atoms. The van der Waals surface area contributed by atoms with Gasteiger partial charge < -0.3 is 10.2 Å². The minimum absolute atomic E-state index is 0.194. The lowest BCUT2D eigenvalue weighted by molar-refractivity contribution is 0.319. The molecular formula is C14H17N3O. The van der Waals surface area contributed by atoms with E-state index in [1.54, 1.807) is 6.26 Å². The van der Waals surface area contributed by atoms with Gasteiger partial charge in [-0.1, -0.05) is 30.3 Å². The number of oxazole rings is 1. The van der Waals surface area contributed by atoms with Crippen LogP contribution in [0.4, 0.5) is 0 Å². The summed E-state index contributed by atoms with van der Waals surface area (Å²) in [5, 5.41) is 0. The van der Waals surface area contributed by atoms with Gasteiger partial charge in [0.05, 0.1) is 5.69 Å². The Morgan fingerprint density at radius 1 is 1.28 bits per heavy atom. The van der Waals surface area contributed by atoms with Gasteiger partial charge in [0.25, 0.3) is 0 Å². The quantitative estimate of drug-likeness (QED) is 0.889. The molecule has 1 saturated heterocycles. The van der Waals surface area contributed by atoms with Crippen LogP contribution in [0, 0.1) is 0 Å². The number of rotatable bonds is 3. The molecule has 2 aromatic rings.